The van der Waals surface area contributed by atoms with Crippen molar-refractivity contribution in [2.45, 2.75) is 5.88 Å². The molecule has 0 aliphatic carbocycles. The van der Waals surface area contributed by atoms with Crippen molar-refractivity contribution >= 4 is 28.9 Å². The Morgan fingerprint density at radius 2 is 2.25 bits per heavy atom. The molecule has 0 saturated heterocycles. The lowest BCUT2D eigenvalue weighted by molar-refractivity contribution is 1.34. The molecule has 0 amide bonds. The minimum Gasteiger partial charge on any atom is -0.122 e. The summed E-state index contributed by atoms with van der Waals surface area (Å²) in [5, 5.41) is 4.04. The number of benzene rings is 1. The second-order valence-corrected chi connectivity index (χ2v) is 2.80. The van der Waals surface area contributed by atoms with Gasteiger partial charge in [-0.15, -0.1) is 11.6 Å². The number of hydrogen-bond donors (Lipinski definition) is 0. The molecule has 5 heteroatoms. The molecule has 12 heavy (non-hydrogen) atoms. The predicted molar refractivity (Wildman–Crippen MR) is 49.8 cm³/mol. The molecule has 1 rings (SSSR count). The molecule has 0 unspecified atom stereocenters. The minimum absolute atomic E-state index is 0.287. The Labute approximate surface area is 79.5 Å². The summed E-state index contributed by atoms with van der Waals surface area (Å²) in [7, 11) is 0. The molecule has 0 heterocycles. The second kappa shape index (κ2) is 4.21. The average Bonchev–Trinajstić information content (AvgIpc) is 2.08. The highest BCUT2D eigenvalue weighted by Gasteiger charge is 1.99. The Morgan fingerprint density at radius 3 is 2.83 bits per heavy atom. The van der Waals surface area contributed by atoms with Crippen LogP contribution >= 0.6 is 23.2 Å². The first kappa shape index (κ1) is 9.20. The van der Waals surface area contributed by atoms with Gasteiger partial charge in [-0.1, -0.05) is 22.8 Å². The fourth-order valence-electron chi connectivity index (χ4n) is 0.807. The van der Waals surface area contributed by atoms with Gasteiger partial charge in [0.15, 0.2) is 0 Å². The third-order valence-electron chi connectivity index (χ3n) is 1.34. The van der Waals surface area contributed by atoms with E-state index in [2.05, 4.69) is 10.0 Å². The van der Waals surface area contributed by atoms with E-state index in [1.54, 1.807) is 18.2 Å². The minimum atomic E-state index is 0.287. The lowest BCUT2D eigenvalue weighted by Gasteiger charge is -1.99. The molecule has 0 radical (unpaired) electrons. The van der Waals surface area contributed by atoms with Crippen LogP contribution in [0.1, 0.15) is 5.56 Å². The Bertz CT molecular complexity index is 331. The lowest BCUT2D eigenvalue weighted by atomic mass is 10.2. The number of alkyl halides is 1. The number of rotatable bonds is 2. The van der Waals surface area contributed by atoms with E-state index in [0.29, 0.717) is 10.7 Å². The molecule has 0 atom stereocenters. The largest absolute Gasteiger partial charge is 0.122 e. The molecule has 62 valence electrons. The molecule has 0 fully saturated rings. The van der Waals surface area contributed by atoms with Crippen LogP contribution < -0.4 is 0 Å². The Morgan fingerprint density at radius 1 is 1.50 bits per heavy atom. The molecule has 0 aliphatic rings. The van der Waals surface area contributed by atoms with Crippen molar-refractivity contribution in [3.63, 3.8) is 0 Å². The standard InChI is InChI=1S/C7H5Cl2N3/c8-4-5-3-6(9)1-2-7(5)11-12-10/h1-3H,4H2. The summed E-state index contributed by atoms with van der Waals surface area (Å²) >= 11 is 11.3. The Kier molecular flexibility index (Phi) is 3.23. The van der Waals surface area contributed by atoms with E-state index in [9.17, 15) is 0 Å². The van der Waals surface area contributed by atoms with Crippen molar-refractivity contribution in [1.29, 1.82) is 0 Å². The van der Waals surface area contributed by atoms with E-state index in [0.717, 1.165) is 5.56 Å². The molecule has 1 aromatic carbocycles. The van der Waals surface area contributed by atoms with E-state index in [-0.39, 0.29) is 5.88 Å². The third kappa shape index (κ3) is 2.05. The maximum atomic E-state index is 8.19. The van der Waals surface area contributed by atoms with Gasteiger partial charge in [0.05, 0.1) is 0 Å². The van der Waals surface area contributed by atoms with Gasteiger partial charge < -0.3 is 0 Å². The van der Waals surface area contributed by atoms with Crippen molar-refractivity contribution in [1.82, 2.24) is 0 Å². The molecule has 1 aromatic rings. The van der Waals surface area contributed by atoms with E-state index in [1.165, 1.54) is 0 Å². The molecule has 0 aromatic heterocycles. The fourth-order valence-corrected chi connectivity index (χ4v) is 1.22. The summed E-state index contributed by atoms with van der Waals surface area (Å²) in [4.78, 5) is 2.67. The summed E-state index contributed by atoms with van der Waals surface area (Å²) in [5.74, 6) is 0.287. The molecule has 0 saturated carbocycles. The van der Waals surface area contributed by atoms with Gasteiger partial charge in [-0.2, -0.15) is 0 Å². The summed E-state index contributed by atoms with van der Waals surface area (Å²) in [5.41, 5.74) is 9.45. The van der Waals surface area contributed by atoms with Gasteiger partial charge in [0.2, 0.25) is 0 Å². The van der Waals surface area contributed by atoms with E-state index < -0.39 is 0 Å². The van der Waals surface area contributed by atoms with Gasteiger partial charge in [-0.25, -0.2) is 0 Å². The highest BCUT2D eigenvalue weighted by Crippen LogP contribution is 2.24. The molecule has 0 bridgehead atoms. The van der Waals surface area contributed by atoms with Crippen LogP contribution in [0.2, 0.25) is 5.02 Å². The van der Waals surface area contributed by atoms with Crippen molar-refractivity contribution < 1.29 is 0 Å². The Balaban J connectivity index is 3.19. The summed E-state index contributed by atoms with van der Waals surface area (Å²) in [6.45, 7) is 0. The number of hydrogen-bond acceptors (Lipinski definition) is 1. The first-order valence-corrected chi connectivity index (χ1v) is 4.08. The van der Waals surface area contributed by atoms with E-state index in [4.69, 9.17) is 28.7 Å². The van der Waals surface area contributed by atoms with Crippen LogP contribution in [0.15, 0.2) is 23.3 Å². The zero-order chi connectivity index (χ0) is 8.97. The van der Waals surface area contributed by atoms with Crippen LogP contribution in [0.5, 0.6) is 0 Å². The zero-order valence-electron chi connectivity index (χ0n) is 6.04. The fraction of sp³-hybridized carbons (Fsp3) is 0.143. The van der Waals surface area contributed by atoms with Crippen molar-refractivity contribution in [3.8, 4) is 0 Å². The van der Waals surface area contributed by atoms with E-state index in [1.807, 2.05) is 0 Å². The molecular weight excluding hydrogens is 197 g/mol. The topological polar surface area (TPSA) is 48.8 Å². The van der Waals surface area contributed by atoms with Crippen LogP contribution in [0, 0.1) is 0 Å². The molecular formula is C7H5Cl2N3. The SMILES string of the molecule is [N-]=[N+]=Nc1ccc(Cl)cc1CCl. The monoisotopic (exact) mass is 201 g/mol. The molecule has 3 nitrogen and oxygen atoms in total. The quantitative estimate of drug-likeness (QED) is 0.301. The van der Waals surface area contributed by atoms with Crippen LogP contribution in [-0.2, 0) is 5.88 Å². The lowest BCUT2D eigenvalue weighted by Crippen LogP contribution is -1.77. The van der Waals surface area contributed by atoms with Crippen LogP contribution in [0.4, 0.5) is 5.69 Å². The first-order valence-electron chi connectivity index (χ1n) is 3.17. The van der Waals surface area contributed by atoms with Crippen molar-refractivity contribution in [3.05, 3.63) is 39.2 Å². The highest BCUT2D eigenvalue weighted by molar-refractivity contribution is 6.30. The maximum Gasteiger partial charge on any atom is 0.0479 e. The zero-order valence-corrected chi connectivity index (χ0v) is 7.55. The summed E-state index contributed by atoms with van der Waals surface area (Å²) in [6, 6.07) is 4.97. The van der Waals surface area contributed by atoms with Gasteiger partial charge in [-0.3, -0.25) is 0 Å². The predicted octanol–water partition coefficient (Wildman–Crippen LogP) is 4.02. The summed E-state index contributed by atoms with van der Waals surface area (Å²) in [6.07, 6.45) is 0. The first-order chi connectivity index (χ1) is 5.77. The van der Waals surface area contributed by atoms with Gasteiger partial charge in [0.25, 0.3) is 0 Å². The average molecular weight is 202 g/mol. The Hall–Kier alpha value is -0.890. The smallest absolute Gasteiger partial charge is 0.0479 e. The number of halogens is 2. The van der Waals surface area contributed by atoms with Crippen molar-refractivity contribution in [2.24, 2.45) is 5.11 Å². The molecule has 0 aliphatic heterocycles. The van der Waals surface area contributed by atoms with Crippen LogP contribution in [0.3, 0.4) is 0 Å². The van der Waals surface area contributed by atoms with Crippen LogP contribution in [0.25, 0.3) is 10.4 Å². The van der Waals surface area contributed by atoms with Gasteiger partial charge in [0, 0.05) is 21.5 Å². The molecule has 0 N–H and O–H groups in total. The maximum absolute atomic E-state index is 8.19. The highest BCUT2D eigenvalue weighted by atomic mass is 35.5. The van der Waals surface area contributed by atoms with Gasteiger partial charge in [-0.05, 0) is 23.2 Å². The van der Waals surface area contributed by atoms with Crippen molar-refractivity contribution in [2.75, 3.05) is 0 Å². The summed E-state index contributed by atoms with van der Waals surface area (Å²) < 4.78 is 0. The normalized spacial score (nSPS) is 9.17. The van der Waals surface area contributed by atoms with Crippen LogP contribution in [-0.4, -0.2) is 0 Å². The van der Waals surface area contributed by atoms with E-state index >= 15 is 0 Å². The number of nitrogens with zero attached hydrogens (tertiary/aromatic N) is 3. The second-order valence-electron chi connectivity index (χ2n) is 2.10. The van der Waals surface area contributed by atoms with Gasteiger partial charge in [0.1, 0.15) is 0 Å². The molecule has 0 spiro atoms. The third-order valence-corrected chi connectivity index (χ3v) is 1.86. The van der Waals surface area contributed by atoms with Gasteiger partial charge >= 0.3 is 0 Å². The number of azide groups is 1.